The van der Waals surface area contributed by atoms with Gasteiger partial charge in [-0.15, -0.1) is 24.0 Å². The second kappa shape index (κ2) is 12.8. The lowest BCUT2D eigenvalue weighted by Crippen LogP contribution is -2.49. The molecule has 2 unspecified atom stereocenters. The van der Waals surface area contributed by atoms with Crippen molar-refractivity contribution < 1.29 is 9.53 Å². The number of ether oxygens (including phenoxy) is 1. The Balaban J connectivity index is 0.00000338. The summed E-state index contributed by atoms with van der Waals surface area (Å²) < 4.78 is 5.22. The summed E-state index contributed by atoms with van der Waals surface area (Å²) in [5.74, 6) is 0.866. The second-order valence-corrected chi connectivity index (χ2v) is 7.01. The van der Waals surface area contributed by atoms with Crippen molar-refractivity contribution >= 4 is 35.9 Å². The molecule has 0 aromatic carbocycles. The predicted molar refractivity (Wildman–Crippen MR) is 117 cm³/mol. The summed E-state index contributed by atoms with van der Waals surface area (Å²) in [4.78, 5) is 21.8. The zero-order valence-electron chi connectivity index (χ0n) is 16.7. The van der Waals surface area contributed by atoms with Gasteiger partial charge in [-0.2, -0.15) is 0 Å². The van der Waals surface area contributed by atoms with Crippen LogP contribution in [0, 0.1) is 5.92 Å². The highest BCUT2D eigenvalue weighted by molar-refractivity contribution is 14.0. The highest BCUT2D eigenvalue weighted by atomic mass is 127. The van der Waals surface area contributed by atoms with E-state index < -0.39 is 0 Å². The lowest BCUT2D eigenvalue weighted by atomic mass is 9.98. The molecule has 2 aliphatic heterocycles. The third-order valence-electron chi connectivity index (χ3n) is 5.28. The van der Waals surface area contributed by atoms with Crippen molar-refractivity contribution in [1.82, 2.24) is 15.1 Å². The molecule has 0 aliphatic carbocycles. The molecule has 152 valence electrons. The van der Waals surface area contributed by atoms with Crippen molar-refractivity contribution in [3.05, 3.63) is 0 Å². The second-order valence-electron chi connectivity index (χ2n) is 7.01. The number of carbonyl (C=O) groups is 1. The van der Waals surface area contributed by atoms with Crippen LogP contribution < -0.4 is 5.32 Å². The number of hydrogen-bond donors (Lipinski definition) is 1. The molecule has 26 heavy (non-hydrogen) atoms. The lowest BCUT2D eigenvalue weighted by Gasteiger charge is -2.36. The van der Waals surface area contributed by atoms with Gasteiger partial charge in [0.05, 0.1) is 19.1 Å². The van der Waals surface area contributed by atoms with Crippen molar-refractivity contribution in [2.75, 3.05) is 45.9 Å². The number of halogens is 1. The molecule has 0 aromatic rings. The van der Waals surface area contributed by atoms with E-state index in [1.807, 2.05) is 6.92 Å². The van der Waals surface area contributed by atoms with Crippen LogP contribution in [0.25, 0.3) is 0 Å². The van der Waals surface area contributed by atoms with Gasteiger partial charge in [-0.05, 0) is 52.6 Å². The fourth-order valence-electron chi connectivity index (χ4n) is 3.92. The van der Waals surface area contributed by atoms with E-state index in [4.69, 9.17) is 9.73 Å². The summed E-state index contributed by atoms with van der Waals surface area (Å²) in [6.45, 7) is 12.3. The van der Waals surface area contributed by atoms with E-state index in [0.717, 1.165) is 45.0 Å². The van der Waals surface area contributed by atoms with Gasteiger partial charge in [0.25, 0.3) is 0 Å². The Morgan fingerprint density at radius 3 is 2.65 bits per heavy atom. The average Bonchev–Trinajstić information content (AvgIpc) is 2.65. The Bertz CT molecular complexity index is 447. The van der Waals surface area contributed by atoms with Crippen molar-refractivity contribution in [1.29, 1.82) is 0 Å². The van der Waals surface area contributed by atoms with Gasteiger partial charge in [-0.25, -0.2) is 0 Å². The first-order valence-electron chi connectivity index (χ1n) is 10.1. The van der Waals surface area contributed by atoms with Crippen LogP contribution in [0.3, 0.4) is 0 Å². The molecule has 7 heteroatoms. The summed E-state index contributed by atoms with van der Waals surface area (Å²) in [5, 5.41) is 3.42. The van der Waals surface area contributed by atoms with E-state index >= 15 is 0 Å². The SMILES string of the molecule is CCNC(=NCC1CCCCN1CC)N1CCCC(C(=O)OCC)C1.I. The molecule has 6 nitrogen and oxygen atoms in total. The third kappa shape index (κ3) is 6.87. The van der Waals surface area contributed by atoms with Crippen LogP contribution in [0.2, 0.25) is 0 Å². The van der Waals surface area contributed by atoms with Crippen molar-refractivity contribution in [2.24, 2.45) is 10.9 Å². The minimum absolute atomic E-state index is 0. The van der Waals surface area contributed by atoms with Gasteiger partial charge < -0.3 is 15.0 Å². The lowest BCUT2D eigenvalue weighted by molar-refractivity contribution is -0.149. The number of likely N-dealkylation sites (N-methyl/N-ethyl adjacent to an activating group) is 1. The normalized spacial score (nSPS) is 24.7. The predicted octanol–water partition coefficient (Wildman–Crippen LogP) is 2.72. The Kier molecular flexibility index (Phi) is 11.5. The third-order valence-corrected chi connectivity index (χ3v) is 5.28. The number of carbonyl (C=O) groups excluding carboxylic acids is 1. The zero-order valence-corrected chi connectivity index (χ0v) is 19.0. The van der Waals surface area contributed by atoms with Crippen molar-refractivity contribution in [3.8, 4) is 0 Å². The van der Waals surface area contributed by atoms with Crippen molar-refractivity contribution in [2.45, 2.75) is 58.9 Å². The van der Waals surface area contributed by atoms with E-state index in [1.54, 1.807) is 0 Å². The molecule has 2 atom stereocenters. The fourth-order valence-corrected chi connectivity index (χ4v) is 3.92. The highest BCUT2D eigenvalue weighted by Gasteiger charge is 2.29. The number of hydrogen-bond acceptors (Lipinski definition) is 4. The van der Waals surface area contributed by atoms with Gasteiger partial charge in [0, 0.05) is 25.7 Å². The van der Waals surface area contributed by atoms with Crippen molar-refractivity contribution in [3.63, 3.8) is 0 Å². The highest BCUT2D eigenvalue weighted by Crippen LogP contribution is 2.19. The molecular weight excluding hydrogens is 443 g/mol. The maximum absolute atomic E-state index is 12.1. The number of nitrogens with one attached hydrogen (secondary N) is 1. The van der Waals surface area contributed by atoms with Crippen LogP contribution in [0.4, 0.5) is 0 Å². The number of nitrogens with zero attached hydrogens (tertiary/aromatic N) is 3. The number of piperidine rings is 2. The van der Waals surface area contributed by atoms with Gasteiger partial charge in [-0.3, -0.25) is 14.7 Å². The van der Waals surface area contributed by atoms with Gasteiger partial charge in [0.2, 0.25) is 0 Å². The molecule has 0 saturated carbocycles. The smallest absolute Gasteiger partial charge is 0.310 e. The van der Waals surface area contributed by atoms with E-state index in [9.17, 15) is 4.79 Å². The first kappa shape index (κ1) is 23.5. The van der Waals surface area contributed by atoms with Gasteiger partial charge >= 0.3 is 5.97 Å². The quantitative estimate of drug-likeness (QED) is 0.274. The molecular formula is C19H37IN4O2. The zero-order chi connectivity index (χ0) is 18.1. The molecule has 0 amide bonds. The monoisotopic (exact) mass is 480 g/mol. The molecule has 0 aromatic heterocycles. The maximum Gasteiger partial charge on any atom is 0.310 e. The Hall–Kier alpha value is -0.570. The van der Waals surface area contributed by atoms with Crippen LogP contribution in [-0.2, 0) is 9.53 Å². The number of aliphatic imine (C=N–C) groups is 1. The summed E-state index contributed by atoms with van der Waals surface area (Å²) in [7, 11) is 0. The first-order chi connectivity index (χ1) is 12.2. The summed E-state index contributed by atoms with van der Waals surface area (Å²) >= 11 is 0. The van der Waals surface area contributed by atoms with E-state index in [2.05, 4.69) is 29.0 Å². The minimum Gasteiger partial charge on any atom is -0.466 e. The molecule has 0 spiro atoms. The van der Waals surface area contributed by atoms with E-state index in [-0.39, 0.29) is 35.9 Å². The summed E-state index contributed by atoms with van der Waals surface area (Å²) in [5.41, 5.74) is 0. The molecule has 1 N–H and O–H groups in total. The Morgan fingerprint density at radius 1 is 1.15 bits per heavy atom. The Labute approximate surface area is 176 Å². The summed E-state index contributed by atoms with van der Waals surface area (Å²) in [6.07, 6.45) is 5.78. The molecule has 2 saturated heterocycles. The van der Waals surface area contributed by atoms with Crippen LogP contribution in [0.5, 0.6) is 0 Å². The summed E-state index contributed by atoms with van der Waals surface area (Å²) in [6, 6.07) is 0.554. The van der Waals surface area contributed by atoms with Crippen LogP contribution in [-0.4, -0.2) is 73.6 Å². The van der Waals surface area contributed by atoms with Crippen LogP contribution in [0.15, 0.2) is 4.99 Å². The number of rotatable bonds is 6. The molecule has 0 bridgehead atoms. The fraction of sp³-hybridized carbons (Fsp3) is 0.895. The molecule has 2 heterocycles. The van der Waals surface area contributed by atoms with Crippen LogP contribution >= 0.6 is 24.0 Å². The first-order valence-corrected chi connectivity index (χ1v) is 10.1. The van der Waals surface area contributed by atoms with Gasteiger partial charge in [0.15, 0.2) is 5.96 Å². The number of esters is 1. The number of guanidine groups is 1. The largest absolute Gasteiger partial charge is 0.466 e. The number of likely N-dealkylation sites (tertiary alicyclic amines) is 2. The van der Waals surface area contributed by atoms with E-state index in [0.29, 0.717) is 19.2 Å². The molecule has 2 fully saturated rings. The standard InChI is InChI=1S/C19H36N4O2.HI/c1-4-20-19(21-14-17-11-7-8-12-22(17)5-2)23-13-9-10-16(15-23)18(24)25-6-3;/h16-17H,4-15H2,1-3H3,(H,20,21);1H. The van der Waals surface area contributed by atoms with Crippen LogP contribution in [0.1, 0.15) is 52.9 Å². The Morgan fingerprint density at radius 2 is 1.96 bits per heavy atom. The van der Waals surface area contributed by atoms with E-state index in [1.165, 1.54) is 25.8 Å². The molecule has 2 aliphatic rings. The van der Waals surface area contributed by atoms with Gasteiger partial charge in [0.1, 0.15) is 0 Å². The molecule has 0 radical (unpaired) electrons. The minimum atomic E-state index is -0.0625. The topological polar surface area (TPSA) is 57.2 Å². The molecule has 2 rings (SSSR count). The maximum atomic E-state index is 12.1. The van der Waals surface area contributed by atoms with Gasteiger partial charge in [-0.1, -0.05) is 13.3 Å². The average molecular weight is 480 g/mol.